The molecule has 16 heavy (non-hydrogen) atoms. The van der Waals surface area contributed by atoms with Crippen molar-refractivity contribution in [2.75, 3.05) is 14.2 Å². The molecule has 0 aliphatic carbocycles. The molecule has 0 aliphatic heterocycles. The van der Waals surface area contributed by atoms with Crippen LogP contribution < -0.4 is 9.47 Å². The fraction of sp³-hybridized carbons (Fsp3) is 0.250. The van der Waals surface area contributed by atoms with Crippen LogP contribution in [-0.4, -0.2) is 19.1 Å². The lowest BCUT2D eigenvalue weighted by atomic mass is 10.2. The average molecular weight is 286 g/mol. The molecular weight excluding hydrogens is 280 g/mol. The smallest absolute Gasteiger partial charge is 0.334 e. The van der Waals surface area contributed by atoms with Crippen LogP contribution in [0.2, 0.25) is 15.1 Å². The van der Waals surface area contributed by atoms with E-state index in [-0.39, 0.29) is 26.6 Å². The minimum Gasteiger partial charge on any atom is -0.491 e. The van der Waals surface area contributed by atoms with Crippen molar-refractivity contribution in [3.05, 3.63) is 25.2 Å². The van der Waals surface area contributed by atoms with Gasteiger partial charge in [-0.1, -0.05) is 34.8 Å². The van der Waals surface area contributed by atoms with Gasteiger partial charge in [0, 0.05) is 0 Å². The SMILES string of the molecule is COc1c(Cl)c(Cl)c(Cl)c([N+](=O)[O-])c1OC. The first-order valence-electron chi connectivity index (χ1n) is 3.88. The molecule has 0 aromatic heterocycles. The van der Waals surface area contributed by atoms with Crippen molar-refractivity contribution in [3.8, 4) is 11.5 Å². The van der Waals surface area contributed by atoms with E-state index in [4.69, 9.17) is 44.3 Å². The molecule has 0 amide bonds. The summed E-state index contributed by atoms with van der Waals surface area (Å²) in [5.41, 5.74) is -0.476. The molecule has 0 radical (unpaired) electrons. The number of hydrogen-bond acceptors (Lipinski definition) is 4. The van der Waals surface area contributed by atoms with Gasteiger partial charge in [-0.15, -0.1) is 0 Å². The normalized spacial score (nSPS) is 10.1. The molecule has 0 saturated carbocycles. The number of methoxy groups -OCH3 is 2. The van der Waals surface area contributed by atoms with Gasteiger partial charge in [-0.3, -0.25) is 10.1 Å². The van der Waals surface area contributed by atoms with Crippen LogP contribution >= 0.6 is 34.8 Å². The Kier molecular flexibility index (Phi) is 4.07. The molecule has 1 aromatic carbocycles. The van der Waals surface area contributed by atoms with Gasteiger partial charge in [0.1, 0.15) is 10.0 Å². The number of nitro groups is 1. The van der Waals surface area contributed by atoms with Crippen molar-refractivity contribution >= 4 is 40.5 Å². The largest absolute Gasteiger partial charge is 0.491 e. The second-order valence-corrected chi connectivity index (χ2v) is 3.75. The highest BCUT2D eigenvalue weighted by molar-refractivity contribution is 6.50. The molecule has 0 atom stereocenters. The van der Waals surface area contributed by atoms with Gasteiger partial charge in [0.2, 0.25) is 5.75 Å². The molecule has 0 heterocycles. The lowest BCUT2D eigenvalue weighted by Crippen LogP contribution is -1.99. The number of halogens is 3. The third-order valence-electron chi connectivity index (χ3n) is 1.80. The summed E-state index contributed by atoms with van der Waals surface area (Å²) in [4.78, 5) is 10.1. The molecule has 0 N–H and O–H groups in total. The third-order valence-corrected chi connectivity index (χ3v) is 3.10. The van der Waals surface area contributed by atoms with E-state index in [0.29, 0.717) is 0 Å². The fourth-order valence-corrected chi connectivity index (χ4v) is 1.87. The van der Waals surface area contributed by atoms with Gasteiger partial charge in [-0.2, -0.15) is 0 Å². The van der Waals surface area contributed by atoms with Crippen molar-refractivity contribution in [2.45, 2.75) is 0 Å². The topological polar surface area (TPSA) is 61.6 Å². The Balaban J connectivity index is 3.72. The first-order valence-corrected chi connectivity index (χ1v) is 5.01. The van der Waals surface area contributed by atoms with Gasteiger partial charge < -0.3 is 9.47 Å². The van der Waals surface area contributed by atoms with Gasteiger partial charge in [-0.05, 0) is 0 Å². The highest BCUT2D eigenvalue weighted by atomic mass is 35.5. The van der Waals surface area contributed by atoms with Crippen LogP contribution in [0.15, 0.2) is 0 Å². The van der Waals surface area contributed by atoms with E-state index >= 15 is 0 Å². The summed E-state index contributed by atoms with van der Waals surface area (Å²) in [6.45, 7) is 0. The number of hydrogen-bond donors (Lipinski definition) is 0. The third kappa shape index (κ3) is 1.98. The Labute approximate surface area is 106 Å². The Bertz CT molecular complexity index is 450. The summed E-state index contributed by atoms with van der Waals surface area (Å²) in [5.74, 6) is -0.183. The predicted octanol–water partition coefficient (Wildman–Crippen LogP) is 3.57. The summed E-state index contributed by atoms with van der Waals surface area (Å²) in [6, 6.07) is 0. The summed E-state index contributed by atoms with van der Waals surface area (Å²) in [6.07, 6.45) is 0. The minimum absolute atomic E-state index is 0.0229. The molecule has 8 heteroatoms. The minimum atomic E-state index is -0.716. The molecule has 1 aromatic rings. The predicted molar refractivity (Wildman–Crippen MR) is 61.2 cm³/mol. The van der Waals surface area contributed by atoms with E-state index in [1.54, 1.807) is 0 Å². The Morgan fingerprint density at radius 2 is 1.50 bits per heavy atom. The van der Waals surface area contributed by atoms with Crippen LogP contribution in [0.4, 0.5) is 5.69 Å². The first-order chi connectivity index (χ1) is 7.45. The summed E-state index contributed by atoms with van der Waals surface area (Å²) < 4.78 is 9.74. The zero-order chi connectivity index (χ0) is 12.5. The maximum absolute atomic E-state index is 10.8. The van der Waals surface area contributed by atoms with E-state index in [2.05, 4.69) is 0 Å². The highest BCUT2D eigenvalue weighted by Crippen LogP contribution is 2.51. The fourth-order valence-electron chi connectivity index (χ4n) is 1.14. The molecule has 0 saturated heterocycles. The number of rotatable bonds is 3. The molecule has 88 valence electrons. The molecule has 1 rings (SSSR count). The molecular formula is C8H6Cl3NO4. The van der Waals surface area contributed by atoms with Crippen molar-refractivity contribution in [3.63, 3.8) is 0 Å². The van der Waals surface area contributed by atoms with Crippen LogP contribution in [0.3, 0.4) is 0 Å². The van der Waals surface area contributed by atoms with Gasteiger partial charge in [-0.25, -0.2) is 0 Å². The quantitative estimate of drug-likeness (QED) is 0.484. The van der Waals surface area contributed by atoms with Crippen LogP contribution in [0.1, 0.15) is 0 Å². The van der Waals surface area contributed by atoms with E-state index in [1.807, 2.05) is 0 Å². The highest BCUT2D eigenvalue weighted by Gasteiger charge is 2.30. The van der Waals surface area contributed by atoms with Gasteiger partial charge in [0.05, 0.1) is 24.2 Å². The summed E-state index contributed by atoms with van der Waals surface area (Å²) in [7, 11) is 2.53. The van der Waals surface area contributed by atoms with Gasteiger partial charge in [0.15, 0.2) is 5.75 Å². The molecule has 0 bridgehead atoms. The second kappa shape index (κ2) is 4.95. The van der Waals surface area contributed by atoms with E-state index in [0.717, 1.165) is 0 Å². The number of ether oxygens (including phenoxy) is 2. The van der Waals surface area contributed by atoms with E-state index < -0.39 is 10.6 Å². The van der Waals surface area contributed by atoms with Crippen molar-refractivity contribution in [1.82, 2.24) is 0 Å². The summed E-state index contributed by atoms with van der Waals surface area (Å²) in [5, 5.41) is 10.4. The monoisotopic (exact) mass is 285 g/mol. The standard InChI is InChI=1S/C8H6Cl3NO4/c1-15-7-5(11)3(9)4(10)6(12(13)14)8(7)16-2/h1-2H3. The first kappa shape index (κ1) is 13.2. The van der Waals surface area contributed by atoms with E-state index in [9.17, 15) is 10.1 Å². The van der Waals surface area contributed by atoms with Crippen molar-refractivity contribution in [1.29, 1.82) is 0 Å². The van der Waals surface area contributed by atoms with Gasteiger partial charge in [0.25, 0.3) is 0 Å². The van der Waals surface area contributed by atoms with Crippen LogP contribution in [0.5, 0.6) is 11.5 Å². The Morgan fingerprint density at radius 3 is 1.88 bits per heavy atom. The molecule has 0 aliphatic rings. The molecule has 5 nitrogen and oxygen atoms in total. The molecule has 0 spiro atoms. The Morgan fingerprint density at radius 1 is 1.00 bits per heavy atom. The molecule has 0 unspecified atom stereocenters. The maximum atomic E-state index is 10.8. The lowest BCUT2D eigenvalue weighted by molar-refractivity contribution is -0.385. The Hall–Kier alpha value is -0.910. The zero-order valence-corrected chi connectivity index (χ0v) is 10.5. The number of benzene rings is 1. The van der Waals surface area contributed by atoms with Crippen LogP contribution in [0.25, 0.3) is 0 Å². The lowest BCUT2D eigenvalue weighted by Gasteiger charge is -2.12. The number of nitrogens with zero attached hydrogens (tertiary/aromatic N) is 1. The van der Waals surface area contributed by atoms with E-state index in [1.165, 1.54) is 14.2 Å². The van der Waals surface area contributed by atoms with Crippen molar-refractivity contribution < 1.29 is 14.4 Å². The molecule has 0 fully saturated rings. The van der Waals surface area contributed by atoms with Crippen LogP contribution in [-0.2, 0) is 0 Å². The van der Waals surface area contributed by atoms with Gasteiger partial charge >= 0.3 is 5.69 Å². The zero-order valence-electron chi connectivity index (χ0n) is 8.21. The average Bonchev–Trinajstić information content (AvgIpc) is 2.24. The summed E-state index contributed by atoms with van der Waals surface area (Å²) >= 11 is 17.3. The maximum Gasteiger partial charge on any atom is 0.334 e. The second-order valence-electron chi connectivity index (χ2n) is 2.61. The van der Waals surface area contributed by atoms with Crippen molar-refractivity contribution in [2.24, 2.45) is 0 Å². The number of nitro benzene ring substituents is 1. The van der Waals surface area contributed by atoms with Crippen LogP contribution in [0, 0.1) is 10.1 Å².